The zero-order valence-electron chi connectivity index (χ0n) is 22.8. The highest BCUT2D eigenvalue weighted by Gasteiger charge is 2.03. The minimum Gasteiger partial charge on any atom is -0.497 e. The van der Waals surface area contributed by atoms with E-state index in [9.17, 15) is 4.79 Å². The number of ether oxygens (including phenoxy) is 1. The molecular formula is C33H48O2S. The van der Waals surface area contributed by atoms with E-state index in [1.54, 1.807) is 13.2 Å². The summed E-state index contributed by atoms with van der Waals surface area (Å²) in [6, 6.07) is 15.7. The highest BCUT2D eigenvalue weighted by atomic mass is 32.2. The number of allylic oxidation sites excluding steroid dienone is 1. The molecule has 0 fully saturated rings. The highest BCUT2D eigenvalue weighted by molar-refractivity contribution is 7.99. The molecule has 0 saturated carbocycles. The highest BCUT2D eigenvalue weighted by Crippen LogP contribution is 2.21. The Labute approximate surface area is 225 Å². The van der Waals surface area contributed by atoms with Crippen molar-refractivity contribution in [2.45, 2.75) is 108 Å². The fourth-order valence-corrected chi connectivity index (χ4v) is 5.30. The molecule has 3 heteroatoms. The van der Waals surface area contributed by atoms with Crippen LogP contribution in [0.1, 0.15) is 119 Å². The topological polar surface area (TPSA) is 26.3 Å². The van der Waals surface area contributed by atoms with E-state index in [0.29, 0.717) is 0 Å². The van der Waals surface area contributed by atoms with Gasteiger partial charge in [0.15, 0.2) is 5.78 Å². The monoisotopic (exact) mass is 508 g/mol. The molecule has 198 valence electrons. The minimum atomic E-state index is 0.0248. The number of carbonyl (C=O) groups excluding carboxylic acids is 1. The molecule has 0 aliphatic rings. The quantitative estimate of drug-likeness (QED) is 0.0726. The van der Waals surface area contributed by atoms with Gasteiger partial charge in [0.05, 0.1) is 7.11 Å². The van der Waals surface area contributed by atoms with E-state index in [1.807, 2.05) is 54.2 Å². The molecule has 0 radical (unpaired) electrons. The zero-order chi connectivity index (χ0) is 25.7. The lowest BCUT2D eigenvalue weighted by Gasteiger charge is -2.04. The molecule has 2 aromatic carbocycles. The Balaban J connectivity index is 1.47. The molecule has 36 heavy (non-hydrogen) atoms. The van der Waals surface area contributed by atoms with E-state index in [2.05, 4.69) is 19.1 Å². The van der Waals surface area contributed by atoms with Crippen molar-refractivity contribution in [1.29, 1.82) is 0 Å². The van der Waals surface area contributed by atoms with Crippen LogP contribution in [0.25, 0.3) is 6.08 Å². The molecule has 0 heterocycles. The SMILES string of the molecule is CCCCCCCCCCCCCCCCCSc1ccc(C(=O)C=Cc2cccc(OC)c2)cc1. The third-order valence-corrected chi connectivity index (χ3v) is 7.77. The van der Waals surface area contributed by atoms with Crippen molar-refractivity contribution in [3.8, 4) is 5.75 Å². The summed E-state index contributed by atoms with van der Waals surface area (Å²) in [6.45, 7) is 2.29. The molecule has 0 bridgehead atoms. The molecule has 0 aliphatic heterocycles. The van der Waals surface area contributed by atoms with Crippen molar-refractivity contribution in [2.24, 2.45) is 0 Å². The molecule has 0 unspecified atom stereocenters. The van der Waals surface area contributed by atoms with Crippen LogP contribution >= 0.6 is 11.8 Å². The molecule has 0 amide bonds. The standard InChI is InChI=1S/C33H48O2S/c1-3-4-5-6-7-8-9-10-11-12-13-14-15-16-17-27-36-32-24-22-30(23-25-32)33(34)26-21-29-19-18-20-31(28-29)35-2/h18-26,28H,3-17,27H2,1-2H3. The summed E-state index contributed by atoms with van der Waals surface area (Å²) in [5.74, 6) is 1.97. The van der Waals surface area contributed by atoms with Crippen LogP contribution in [0.3, 0.4) is 0 Å². The summed E-state index contributed by atoms with van der Waals surface area (Å²) < 4.78 is 5.23. The number of hydrogen-bond acceptors (Lipinski definition) is 3. The largest absolute Gasteiger partial charge is 0.497 e. The van der Waals surface area contributed by atoms with E-state index >= 15 is 0 Å². The summed E-state index contributed by atoms with van der Waals surface area (Å²) in [4.78, 5) is 13.7. The van der Waals surface area contributed by atoms with Gasteiger partial charge in [-0.2, -0.15) is 0 Å². The van der Waals surface area contributed by atoms with Crippen LogP contribution in [-0.4, -0.2) is 18.6 Å². The molecule has 2 nitrogen and oxygen atoms in total. The Hall–Kier alpha value is -2.00. The summed E-state index contributed by atoms with van der Waals surface area (Å²) in [6.07, 6.45) is 24.5. The van der Waals surface area contributed by atoms with Gasteiger partial charge in [-0.1, -0.05) is 115 Å². The van der Waals surface area contributed by atoms with Crippen LogP contribution in [0.15, 0.2) is 59.5 Å². The number of hydrogen-bond donors (Lipinski definition) is 0. The maximum absolute atomic E-state index is 12.5. The Bertz CT molecular complexity index is 856. The number of unbranched alkanes of at least 4 members (excludes halogenated alkanes) is 14. The Morgan fingerprint density at radius 3 is 1.86 bits per heavy atom. The van der Waals surface area contributed by atoms with Gasteiger partial charge in [0.25, 0.3) is 0 Å². The first-order valence-corrected chi connectivity index (χ1v) is 15.3. The molecule has 2 rings (SSSR count). The van der Waals surface area contributed by atoms with Gasteiger partial charge in [0, 0.05) is 10.5 Å². The summed E-state index contributed by atoms with van der Waals surface area (Å²) >= 11 is 1.90. The maximum Gasteiger partial charge on any atom is 0.185 e. The van der Waals surface area contributed by atoms with Crippen LogP contribution in [0.4, 0.5) is 0 Å². The average molecular weight is 509 g/mol. The van der Waals surface area contributed by atoms with Crippen molar-refractivity contribution in [2.75, 3.05) is 12.9 Å². The summed E-state index contributed by atoms with van der Waals surface area (Å²) in [5.41, 5.74) is 1.68. The zero-order valence-corrected chi connectivity index (χ0v) is 23.6. The normalized spacial score (nSPS) is 11.3. The Morgan fingerprint density at radius 2 is 1.31 bits per heavy atom. The van der Waals surface area contributed by atoms with Crippen molar-refractivity contribution in [3.05, 3.63) is 65.7 Å². The Kier molecular flexibility index (Phi) is 16.9. The first kappa shape index (κ1) is 30.2. The summed E-state index contributed by atoms with van der Waals surface area (Å²) in [7, 11) is 1.65. The van der Waals surface area contributed by atoms with Gasteiger partial charge in [0.1, 0.15) is 5.75 Å². The molecule has 0 atom stereocenters. The second-order valence-corrected chi connectivity index (χ2v) is 11.0. The van der Waals surface area contributed by atoms with Crippen LogP contribution in [0, 0.1) is 0 Å². The third kappa shape index (κ3) is 13.9. The number of methoxy groups -OCH3 is 1. The van der Waals surface area contributed by atoms with Crippen molar-refractivity contribution < 1.29 is 9.53 Å². The minimum absolute atomic E-state index is 0.0248. The van der Waals surface area contributed by atoms with Gasteiger partial charge < -0.3 is 4.74 Å². The smallest absolute Gasteiger partial charge is 0.185 e. The lowest BCUT2D eigenvalue weighted by molar-refractivity contribution is 0.104. The van der Waals surface area contributed by atoms with Gasteiger partial charge >= 0.3 is 0 Å². The predicted molar refractivity (Wildman–Crippen MR) is 158 cm³/mol. The number of rotatable bonds is 21. The van der Waals surface area contributed by atoms with Crippen molar-refractivity contribution in [1.82, 2.24) is 0 Å². The molecule has 0 aliphatic carbocycles. The van der Waals surface area contributed by atoms with Crippen molar-refractivity contribution in [3.63, 3.8) is 0 Å². The van der Waals surface area contributed by atoms with E-state index in [4.69, 9.17) is 4.74 Å². The van der Waals surface area contributed by atoms with Gasteiger partial charge in [-0.15, -0.1) is 11.8 Å². The molecular weight excluding hydrogens is 460 g/mol. The second-order valence-electron chi connectivity index (χ2n) is 9.80. The first-order chi connectivity index (χ1) is 17.7. The van der Waals surface area contributed by atoms with E-state index < -0.39 is 0 Å². The van der Waals surface area contributed by atoms with Crippen LogP contribution in [0.2, 0.25) is 0 Å². The van der Waals surface area contributed by atoms with Crippen LogP contribution in [0.5, 0.6) is 5.75 Å². The molecule has 2 aromatic rings. The number of carbonyl (C=O) groups is 1. The maximum atomic E-state index is 12.5. The van der Waals surface area contributed by atoms with Gasteiger partial charge in [-0.05, 0) is 60.2 Å². The summed E-state index contributed by atoms with van der Waals surface area (Å²) in [5, 5.41) is 0. The Morgan fingerprint density at radius 1 is 0.750 bits per heavy atom. The molecule has 0 aromatic heterocycles. The van der Waals surface area contributed by atoms with E-state index in [1.165, 1.54) is 101 Å². The van der Waals surface area contributed by atoms with Crippen molar-refractivity contribution >= 4 is 23.6 Å². The fourth-order valence-electron chi connectivity index (χ4n) is 4.39. The first-order valence-electron chi connectivity index (χ1n) is 14.3. The number of thioether (sulfide) groups is 1. The lowest BCUT2D eigenvalue weighted by Crippen LogP contribution is -1.93. The molecule has 0 saturated heterocycles. The van der Waals surface area contributed by atoms with Crippen LogP contribution in [-0.2, 0) is 0 Å². The third-order valence-electron chi connectivity index (χ3n) is 6.68. The molecule has 0 spiro atoms. The second kappa shape index (κ2) is 20.1. The number of benzene rings is 2. The van der Waals surface area contributed by atoms with E-state index in [0.717, 1.165) is 22.6 Å². The van der Waals surface area contributed by atoms with Gasteiger partial charge in [-0.25, -0.2) is 0 Å². The molecule has 0 N–H and O–H groups in total. The lowest BCUT2D eigenvalue weighted by atomic mass is 10.0. The average Bonchev–Trinajstić information content (AvgIpc) is 2.92. The van der Waals surface area contributed by atoms with Crippen LogP contribution < -0.4 is 4.74 Å². The number of ketones is 1. The predicted octanol–water partition coefficient (Wildman–Crippen LogP) is 10.6. The van der Waals surface area contributed by atoms with Gasteiger partial charge in [-0.3, -0.25) is 4.79 Å². The van der Waals surface area contributed by atoms with Gasteiger partial charge in [0.2, 0.25) is 0 Å². The van der Waals surface area contributed by atoms with E-state index in [-0.39, 0.29) is 5.78 Å². The fraction of sp³-hybridized carbons (Fsp3) is 0.545.